The van der Waals surface area contributed by atoms with Gasteiger partial charge in [-0.15, -0.1) is 0 Å². The average molecular weight is 351 g/mol. The van der Waals surface area contributed by atoms with Crippen LogP contribution in [0.1, 0.15) is 0 Å². The zero-order chi connectivity index (χ0) is 12.5. The summed E-state index contributed by atoms with van der Waals surface area (Å²) in [6.07, 6.45) is -0.551. The van der Waals surface area contributed by atoms with Gasteiger partial charge in [0, 0.05) is 3.57 Å². The molecule has 1 rings (SSSR count). The SMILES string of the molecule is O=C(NCCOc1ccc(I)cc1)OCCO. The maximum absolute atomic E-state index is 11.0. The summed E-state index contributed by atoms with van der Waals surface area (Å²) in [6.45, 7) is 0.557. The molecule has 0 bridgehead atoms. The topological polar surface area (TPSA) is 67.8 Å². The maximum Gasteiger partial charge on any atom is 0.407 e. The van der Waals surface area contributed by atoms with Gasteiger partial charge in [-0.25, -0.2) is 4.79 Å². The fraction of sp³-hybridized carbons (Fsp3) is 0.364. The molecule has 1 aromatic rings. The van der Waals surface area contributed by atoms with E-state index in [2.05, 4.69) is 32.6 Å². The first-order valence-electron chi connectivity index (χ1n) is 5.12. The van der Waals surface area contributed by atoms with E-state index < -0.39 is 6.09 Å². The Labute approximate surface area is 113 Å². The fourth-order valence-corrected chi connectivity index (χ4v) is 1.40. The predicted octanol–water partition coefficient (Wildman–Crippen LogP) is 1.39. The lowest BCUT2D eigenvalue weighted by atomic mass is 10.3. The summed E-state index contributed by atoms with van der Waals surface area (Å²) in [5.41, 5.74) is 0. The number of amides is 1. The van der Waals surface area contributed by atoms with Crippen LogP contribution in [-0.4, -0.2) is 37.6 Å². The lowest BCUT2D eigenvalue weighted by Crippen LogP contribution is -2.29. The Bertz CT molecular complexity index is 342. The molecule has 0 saturated carbocycles. The molecule has 5 nitrogen and oxygen atoms in total. The van der Waals surface area contributed by atoms with Gasteiger partial charge in [0.15, 0.2) is 0 Å². The van der Waals surface area contributed by atoms with Gasteiger partial charge in [0.1, 0.15) is 19.0 Å². The lowest BCUT2D eigenvalue weighted by molar-refractivity contribution is 0.118. The standard InChI is InChI=1S/C11H14INO4/c12-9-1-3-10(4-2-9)16-7-5-13-11(15)17-8-6-14/h1-4,14H,5-8H2,(H,13,15). The number of alkyl carbamates (subject to hydrolysis) is 1. The van der Waals surface area contributed by atoms with E-state index in [1.807, 2.05) is 24.3 Å². The normalized spacial score (nSPS) is 9.76. The van der Waals surface area contributed by atoms with E-state index in [-0.39, 0.29) is 13.2 Å². The molecule has 0 aliphatic carbocycles. The smallest absolute Gasteiger partial charge is 0.407 e. The van der Waals surface area contributed by atoms with Gasteiger partial charge >= 0.3 is 6.09 Å². The van der Waals surface area contributed by atoms with Gasteiger partial charge in [-0.3, -0.25) is 0 Å². The van der Waals surface area contributed by atoms with Crippen LogP contribution in [0.15, 0.2) is 24.3 Å². The third-order valence-corrected chi connectivity index (χ3v) is 2.50. The molecule has 0 spiro atoms. The highest BCUT2D eigenvalue weighted by atomic mass is 127. The number of hydrogen-bond acceptors (Lipinski definition) is 4. The van der Waals surface area contributed by atoms with Crippen molar-refractivity contribution in [1.82, 2.24) is 5.32 Å². The van der Waals surface area contributed by atoms with Crippen molar-refractivity contribution in [2.75, 3.05) is 26.4 Å². The molecular formula is C11H14INO4. The van der Waals surface area contributed by atoms with Crippen molar-refractivity contribution in [3.05, 3.63) is 27.8 Å². The second kappa shape index (κ2) is 8.13. The first kappa shape index (κ1) is 14.0. The molecule has 0 saturated heterocycles. The van der Waals surface area contributed by atoms with Crippen LogP contribution in [-0.2, 0) is 4.74 Å². The van der Waals surface area contributed by atoms with Gasteiger partial charge in [0.25, 0.3) is 0 Å². The van der Waals surface area contributed by atoms with Crippen molar-refractivity contribution in [1.29, 1.82) is 0 Å². The molecule has 1 amide bonds. The van der Waals surface area contributed by atoms with E-state index in [0.29, 0.717) is 13.2 Å². The first-order valence-corrected chi connectivity index (χ1v) is 6.20. The van der Waals surface area contributed by atoms with Crippen LogP contribution < -0.4 is 10.1 Å². The van der Waals surface area contributed by atoms with E-state index in [0.717, 1.165) is 9.32 Å². The van der Waals surface area contributed by atoms with Crippen molar-refractivity contribution < 1.29 is 19.4 Å². The highest BCUT2D eigenvalue weighted by molar-refractivity contribution is 14.1. The van der Waals surface area contributed by atoms with Crippen molar-refractivity contribution in [3.63, 3.8) is 0 Å². The molecule has 0 aliphatic heterocycles. The largest absolute Gasteiger partial charge is 0.492 e. The second-order valence-electron chi connectivity index (χ2n) is 3.09. The van der Waals surface area contributed by atoms with Gasteiger partial charge in [0.05, 0.1) is 13.2 Å². The molecule has 0 unspecified atom stereocenters. The van der Waals surface area contributed by atoms with Crippen LogP contribution in [0.5, 0.6) is 5.75 Å². The molecular weight excluding hydrogens is 337 g/mol. The Hall–Kier alpha value is -1.02. The van der Waals surface area contributed by atoms with E-state index in [9.17, 15) is 4.79 Å². The number of carbonyl (C=O) groups is 1. The minimum Gasteiger partial charge on any atom is -0.492 e. The Balaban J connectivity index is 2.11. The second-order valence-corrected chi connectivity index (χ2v) is 4.33. The highest BCUT2D eigenvalue weighted by Gasteiger charge is 2.00. The van der Waals surface area contributed by atoms with Crippen molar-refractivity contribution in [2.45, 2.75) is 0 Å². The Morgan fingerprint density at radius 1 is 1.29 bits per heavy atom. The number of hydrogen-bond donors (Lipinski definition) is 2. The summed E-state index contributed by atoms with van der Waals surface area (Å²) in [7, 11) is 0. The number of ether oxygens (including phenoxy) is 2. The van der Waals surface area contributed by atoms with Crippen molar-refractivity contribution >= 4 is 28.7 Å². The Morgan fingerprint density at radius 2 is 2.00 bits per heavy atom. The van der Waals surface area contributed by atoms with Crippen LogP contribution in [0, 0.1) is 3.57 Å². The summed E-state index contributed by atoms with van der Waals surface area (Å²) in [5.74, 6) is 0.760. The molecule has 0 fully saturated rings. The number of benzene rings is 1. The van der Waals surface area contributed by atoms with E-state index in [1.165, 1.54) is 0 Å². The third kappa shape index (κ3) is 6.32. The van der Waals surface area contributed by atoms with E-state index in [4.69, 9.17) is 9.84 Å². The van der Waals surface area contributed by atoms with Crippen molar-refractivity contribution in [3.8, 4) is 5.75 Å². The summed E-state index contributed by atoms with van der Waals surface area (Å²) in [5, 5.41) is 10.9. The van der Waals surface area contributed by atoms with Gasteiger partial charge in [-0.1, -0.05) is 0 Å². The number of aliphatic hydroxyl groups excluding tert-OH is 1. The van der Waals surface area contributed by atoms with Crippen LogP contribution in [0.2, 0.25) is 0 Å². The molecule has 1 aromatic carbocycles. The molecule has 0 radical (unpaired) electrons. The number of nitrogens with one attached hydrogen (secondary N) is 1. The number of carbonyl (C=O) groups excluding carboxylic acids is 1. The third-order valence-electron chi connectivity index (χ3n) is 1.78. The summed E-state index contributed by atoms with van der Waals surface area (Å²) < 4.78 is 11.1. The maximum atomic E-state index is 11.0. The van der Waals surface area contributed by atoms with Crippen LogP contribution in [0.25, 0.3) is 0 Å². The number of halogens is 1. The molecule has 17 heavy (non-hydrogen) atoms. The van der Waals surface area contributed by atoms with Gasteiger partial charge < -0.3 is 19.9 Å². The zero-order valence-corrected chi connectivity index (χ0v) is 11.3. The predicted molar refractivity (Wildman–Crippen MR) is 71.1 cm³/mol. The lowest BCUT2D eigenvalue weighted by Gasteiger charge is -2.07. The van der Waals surface area contributed by atoms with Gasteiger partial charge in [0.2, 0.25) is 0 Å². The van der Waals surface area contributed by atoms with Crippen molar-refractivity contribution in [2.24, 2.45) is 0 Å². The minimum atomic E-state index is -0.551. The van der Waals surface area contributed by atoms with Crippen LogP contribution in [0.3, 0.4) is 0 Å². The molecule has 0 aromatic heterocycles. The molecule has 0 heterocycles. The zero-order valence-electron chi connectivity index (χ0n) is 9.19. The van der Waals surface area contributed by atoms with Gasteiger partial charge in [-0.05, 0) is 46.9 Å². The molecule has 6 heteroatoms. The fourth-order valence-electron chi connectivity index (χ4n) is 1.04. The molecule has 2 N–H and O–H groups in total. The Kier molecular flexibility index (Phi) is 6.71. The quantitative estimate of drug-likeness (QED) is 0.601. The monoisotopic (exact) mass is 351 g/mol. The first-order chi connectivity index (χ1) is 8.22. The summed E-state index contributed by atoms with van der Waals surface area (Å²) in [4.78, 5) is 11.0. The Morgan fingerprint density at radius 3 is 2.65 bits per heavy atom. The van der Waals surface area contributed by atoms with E-state index in [1.54, 1.807) is 0 Å². The van der Waals surface area contributed by atoms with E-state index >= 15 is 0 Å². The summed E-state index contributed by atoms with van der Waals surface area (Å²) >= 11 is 2.21. The molecule has 94 valence electrons. The highest BCUT2D eigenvalue weighted by Crippen LogP contribution is 2.12. The number of rotatable bonds is 6. The van der Waals surface area contributed by atoms with Crippen LogP contribution in [0.4, 0.5) is 4.79 Å². The van der Waals surface area contributed by atoms with Gasteiger partial charge in [-0.2, -0.15) is 0 Å². The minimum absolute atomic E-state index is 0.00378. The number of aliphatic hydroxyl groups is 1. The summed E-state index contributed by atoms with van der Waals surface area (Å²) in [6, 6.07) is 7.62. The van der Waals surface area contributed by atoms with Crippen LogP contribution >= 0.6 is 22.6 Å². The molecule has 0 atom stereocenters. The average Bonchev–Trinajstić information content (AvgIpc) is 2.34. The molecule has 0 aliphatic rings.